The highest BCUT2D eigenvalue weighted by molar-refractivity contribution is 9.10. The number of pyridine rings is 1. The predicted molar refractivity (Wildman–Crippen MR) is 98.4 cm³/mol. The summed E-state index contributed by atoms with van der Waals surface area (Å²) in [5.74, 6) is 1.56. The molecule has 0 fully saturated rings. The summed E-state index contributed by atoms with van der Waals surface area (Å²) in [6.07, 6.45) is 4.59. The Hall–Kier alpha value is -2.01. The molecule has 0 amide bonds. The highest BCUT2D eigenvalue weighted by Gasteiger charge is 2.06. The van der Waals surface area contributed by atoms with Gasteiger partial charge in [-0.05, 0) is 52.0 Å². The number of benzene rings is 1. The molecule has 3 aromatic rings. The summed E-state index contributed by atoms with van der Waals surface area (Å²) in [5, 5.41) is 4.47. The summed E-state index contributed by atoms with van der Waals surface area (Å²) in [6, 6.07) is 10.2. The molecule has 0 spiro atoms. The second-order valence-electron chi connectivity index (χ2n) is 5.93. The Morgan fingerprint density at radius 1 is 1.04 bits per heavy atom. The molecule has 1 N–H and O–H groups in total. The highest BCUT2D eigenvalue weighted by Crippen LogP contribution is 2.27. The Bertz CT molecular complexity index is 800. The molecule has 0 saturated carbocycles. The Labute approximate surface area is 144 Å². The fourth-order valence-corrected chi connectivity index (χ4v) is 2.64. The molecule has 1 aromatic carbocycles. The quantitative estimate of drug-likeness (QED) is 0.648. The lowest BCUT2D eigenvalue weighted by atomic mass is 10.1. The van der Waals surface area contributed by atoms with Crippen LogP contribution in [0.1, 0.15) is 20.3 Å². The maximum Gasteiger partial charge on any atom is 0.137 e. The van der Waals surface area contributed by atoms with Gasteiger partial charge in [-0.2, -0.15) is 0 Å². The van der Waals surface area contributed by atoms with Gasteiger partial charge < -0.3 is 5.32 Å². The van der Waals surface area contributed by atoms with E-state index in [4.69, 9.17) is 0 Å². The molecule has 5 heteroatoms. The molecular weight excluding hydrogens is 352 g/mol. The Balaban J connectivity index is 1.95. The van der Waals surface area contributed by atoms with E-state index in [1.54, 1.807) is 6.33 Å². The van der Waals surface area contributed by atoms with E-state index in [-0.39, 0.29) is 0 Å². The molecule has 0 saturated heterocycles. The van der Waals surface area contributed by atoms with Gasteiger partial charge in [0.05, 0.1) is 5.52 Å². The van der Waals surface area contributed by atoms with E-state index in [2.05, 4.69) is 62.2 Å². The number of halogens is 1. The molecule has 0 bridgehead atoms. The van der Waals surface area contributed by atoms with Crippen LogP contribution < -0.4 is 5.32 Å². The average Bonchev–Trinajstić information content (AvgIpc) is 2.55. The molecule has 2 aromatic heterocycles. The minimum atomic E-state index is 0.667. The molecule has 0 aliphatic rings. The molecule has 3 rings (SSSR count). The van der Waals surface area contributed by atoms with Crippen molar-refractivity contribution in [1.82, 2.24) is 15.0 Å². The van der Waals surface area contributed by atoms with Crippen LogP contribution in [0.25, 0.3) is 22.0 Å². The molecule has 23 heavy (non-hydrogen) atoms. The first kappa shape index (κ1) is 15.9. The lowest BCUT2D eigenvalue weighted by Crippen LogP contribution is -2.06. The number of hydrogen-bond acceptors (Lipinski definition) is 4. The van der Waals surface area contributed by atoms with Gasteiger partial charge in [-0.1, -0.05) is 26.0 Å². The minimum Gasteiger partial charge on any atom is -0.369 e. The Morgan fingerprint density at radius 3 is 2.61 bits per heavy atom. The van der Waals surface area contributed by atoms with E-state index >= 15 is 0 Å². The number of rotatable bonds is 5. The Kier molecular flexibility index (Phi) is 4.86. The Morgan fingerprint density at radius 2 is 1.87 bits per heavy atom. The van der Waals surface area contributed by atoms with Crippen LogP contribution in [0.4, 0.5) is 5.82 Å². The number of anilines is 1. The second-order valence-corrected chi connectivity index (χ2v) is 6.75. The van der Waals surface area contributed by atoms with Crippen molar-refractivity contribution in [2.45, 2.75) is 20.3 Å². The van der Waals surface area contributed by atoms with E-state index in [9.17, 15) is 0 Å². The third kappa shape index (κ3) is 3.85. The summed E-state index contributed by atoms with van der Waals surface area (Å²) in [5.41, 5.74) is 3.13. The van der Waals surface area contributed by atoms with Crippen LogP contribution in [0, 0.1) is 5.92 Å². The van der Waals surface area contributed by atoms with Gasteiger partial charge in [0.1, 0.15) is 16.7 Å². The van der Waals surface area contributed by atoms with Crippen molar-refractivity contribution in [3.8, 4) is 11.1 Å². The van der Waals surface area contributed by atoms with Gasteiger partial charge in [-0.25, -0.2) is 15.0 Å². The van der Waals surface area contributed by atoms with E-state index in [0.29, 0.717) is 5.92 Å². The van der Waals surface area contributed by atoms with Crippen molar-refractivity contribution in [3.05, 3.63) is 47.5 Å². The predicted octanol–water partition coefficient (Wildman–Crippen LogP) is 4.91. The lowest BCUT2D eigenvalue weighted by molar-refractivity contribution is 0.607. The van der Waals surface area contributed by atoms with Crippen LogP contribution in [0.5, 0.6) is 0 Å². The van der Waals surface area contributed by atoms with Crippen LogP contribution in [0.3, 0.4) is 0 Å². The highest BCUT2D eigenvalue weighted by atomic mass is 79.9. The molecular formula is C18H19BrN4. The topological polar surface area (TPSA) is 50.7 Å². The summed E-state index contributed by atoms with van der Waals surface area (Å²) in [7, 11) is 0. The summed E-state index contributed by atoms with van der Waals surface area (Å²) in [6.45, 7) is 5.35. The summed E-state index contributed by atoms with van der Waals surface area (Å²) >= 11 is 3.37. The van der Waals surface area contributed by atoms with Gasteiger partial charge in [0.2, 0.25) is 0 Å². The molecule has 4 nitrogen and oxygen atoms in total. The third-order valence-corrected chi connectivity index (χ3v) is 4.18. The normalized spacial score (nSPS) is 11.1. The van der Waals surface area contributed by atoms with Gasteiger partial charge in [-0.15, -0.1) is 0 Å². The first-order valence-corrected chi connectivity index (χ1v) is 8.53. The standard InChI is InChI=1S/C18H19BrN4/c1-12(2)7-8-20-18-15-9-13(3-5-16(15)22-11-23-18)14-4-6-17(19)21-10-14/h3-6,9-12H,7-8H2,1-2H3,(H,20,22,23). The van der Waals surface area contributed by atoms with Crippen molar-refractivity contribution in [2.75, 3.05) is 11.9 Å². The van der Waals surface area contributed by atoms with Crippen molar-refractivity contribution in [2.24, 2.45) is 5.92 Å². The average molecular weight is 371 g/mol. The maximum atomic E-state index is 4.41. The van der Waals surface area contributed by atoms with Crippen LogP contribution >= 0.6 is 15.9 Å². The molecule has 118 valence electrons. The number of aromatic nitrogens is 3. The number of fused-ring (bicyclic) bond motifs is 1. The van der Waals surface area contributed by atoms with Crippen molar-refractivity contribution in [3.63, 3.8) is 0 Å². The van der Waals surface area contributed by atoms with E-state index in [0.717, 1.165) is 45.4 Å². The van der Waals surface area contributed by atoms with Crippen molar-refractivity contribution < 1.29 is 0 Å². The van der Waals surface area contributed by atoms with E-state index in [1.807, 2.05) is 24.4 Å². The zero-order chi connectivity index (χ0) is 16.2. The third-order valence-electron chi connectivity index (χ3n) is 3.71. The summed E-state index contributed by atoms with van der Waals surface area (Å²) in [4.78, 5) is 13.1. The zero-order valence-corrected chi connectivity index (χ0v) is 14.8. The van der Waals surface area contributed by atoms with Gasteiger partial charge in [0, 0.05) is 23.7 Å². The molecule has 0 radical (unpaired) electrons. The largest absolute Gasteiger partial charge is 0.369 e. The molecule has 0 atom stereocenters. The van der Waals surface area contributed by atoms with Crippen LogP contribution in [-0.4, -0.2) is 21.5 Å². The zero-order valence-electron chi connectivity index (χ0n) is 13.3. The SMILES string of the molecule is CC(C)CCNc1ncnc2ccc(-c3ccc(Br)nc3)cc12. The first-order chi connectivity index (χ1) is 11.1. The fourth-order valence-electron chi connectivity index (χ4n) is 2.40. The fraction of sp³-hybridized carbons (Fsp3) is 0.278. The van der Waals surface area contributed by atoms with E-state index in [1.165, 1.54) is 0 Å². The van der Waals surface area contributed by atoms with Gasteiger partial charge in [0.25, 0.3) is 0 Å². The first-order valence-electron chi connectivity index (χ1n) is 7.74. The number of nitrogens with one attached hydrogen (secondary N) is 1. The van der Waals surface area contributed by atoms with Crippen LogP contribution in [0.2, 0.25) is 0 Å². The molecule has 0 aliphatic heterocycles. The maximum absolute atomic E-state index is 4.41. The second kappa shape index (κ2) is 7.04. The van der Waals surface area contributed by atoms with Crippen LogP contribution in [-0.2, 0) is 0 Å². The lowest BCUT2D eigenvalue weighted by Gasteiger charge is -2.11. The van der Waals surface area contributed by atoms with E-state index < -0.39 is 0 Å². The minimum absolute atomic E-state index is 0.667. The van der Waals surface area contributed by atoms with Gasteiger partial charge >= 0.3 is 0 Å². The molecule has 0 aliphatic carbocycles. The number of nitrogens with zero attached hydrogens (tertiary/aromatic N) is 3. The van der Waals surface area contributed by atoms with Gasteiger partial charge in [-0.3, -0.25) is 0 Å². The van der Waals surface area contributed by atoms with Crippen LogP contribution in [0.15, 0.2) is 47.5 Å². The van der Waals surface area contributed by atoms with Gasteiger partial charge in [0.15, 0.2) is 0 Å². The number of hydrogen-bond donors (Lipinski definition) is 1. The summed E-state index contributed by atoms with van der Waals surface area (Å²) < 4.78 is 0.835. The molecule has 0 unspecified atom stereocenters. The van der Waals surface area contributed by atoms with Crippen molar-refractivity contribution in [1.29, 1.82) is 0 Å². The van der Waals surface area contributed by atoms with Crippen molar-refractivity contribution >= 4 is 32.7 Å². The smallest absolute Gasteiger partial charge is 0.137 e. The monoisotopic (exact) mass is 370 g/mol. The molecule has 2 heterocycles.